The quantitative estimate of drug-likeness (QED) is 0.405. The molecule has 0 aliphatic carbocycles. The summed E-state index contributed by atoms with van der Waals surface area (Å²) in [5.74, 6) is 1.61. The van der Waals surface area contributed by atoms with Crippen LogP contribution < -0.4 is 10.6 Å². The summed E-state index contributed by atoms with van der Waals surface area (Å²) in [5, 5.41) is 11.3. The Morgan fingerprint density at radius 1 is 1.26 bits per heavy atom. The van der Waals surface area contributed by atoms with Gasteiger partial charge in [0, 0.05) is 25.2 Å². The molecular weight excluding hydrogens is 427 g/mol. The molecule has 0 unspecified atom stereocenters. The first kappa shape index (κ1) is 19.7. The molecule has 23 heavy (non-hydrogen) atoms. The van der Waals surface area contributed by atoms with E-state index >= 15 is 0 Å². The van der Waals surface area contributed by atoms with Crippen molar-refractivity contribution >= 4 is 41.5 Å². The van der Waals surface area contributed by atoms with Crippen LogP contribution in [0, 0.1) is 0 Å². The Morgan fingerprint density at radius 2 is 2.00 bits per heavy atom. The summed E-state index contributed by atoms with van der Waals surface area (Å²) in [6, 6.07) is 7.88. The summed E-state index contributed by atoms with van der Waals surface area (Å²) < 4.78 is 1.72. The van der Waals surface area contributed by atoms with Crippen molar-refractivity contribution < 1.29 is 0 Å². The van der Waals surface area contributed by atoms with Crippen LogP contribution in [0.2, 0.25) is 5.02 Å². The molecule has 1 aromatic heterocycles. The van der Waals surface area contributed by atoms with Crippen LogP contribution in [0.3, 0.4) is 0 Å². The highest BCUT2D eigenvalue weighted by Gasteiger charge is 2.01. The molecule has 1 aromatic carbocycles. The van der Waals surface area contributed by atoms with Crippen LogP contribution in [0.1, 0.15) is 18.3 Å². The lowest BCUT2D eigenvalue weighted by molar-refractivity contribution is 0.697. The van der Waals surface area contributed by atoms with Crippen LogP contribution in [-0.2, 0) is 20.0 Å². The van der Waals surface area contributed by atoms with Crippen molar-refractivity contribution in [3.63, 3.8) is 0 Å². The minimum Gasteiger partial charge on any atom is -0.357 e. The number of nitrogens with one attached hydrogen (secondary N) is 2. The molecule has 0 aliphatic heterocycles. The highest BCUT2D eigenvalue weighted by molar-refractivity contribution is 14.0. The smallest absolute Gasteiger partial charge is 0.191 e. The molecule has 2 rings (SSSR count). The molecule has 6 nitrogen and oxygen atoms in total. The van der Waals surface area contributed by atoms with Gasteiger partial charge in [-0.25, -0.2) is 9.98 Å². The van der Waals surface area contributed by atoms with Gasteiger partial charge in [0.05, 0.1) is 0 Å². The van der Waals surface area contributed by atoms with Gasteiger partial charge in [0.15, 0.2) is 5.96 Å². The molecule has 0 bridgehead atoms. The molecule has 8 heteroatoms. The van der Waals surface area contributed by atoms with Gasteiger partial charge in [-0.1, -0.05) is 23.7 Å². The van der Waals surface area contributed by atoms with E-state index in [1.54, 1.807) is 4.68 Å². The first-order chi connectivity index (χ1) is 10.7. The van der Waals surface area contributed by atoms with Crippen molar-refractivity contribution in [3.8, 4) is 0 Å². The maximum atomic E-state index is 5.88. The van der Waals surface area contributed by atoms with Crippen LogP contribution >= 0.6 is 35.6 Å². The van der Waals surface area contributed by atoms with Crippen molar-refractivity contribution in [1.29, 1.82) is 0 Å². The van der Waals surface area contributed by atoms with Gasteiger partial charge >= 0.3 is 0 Å². The zero-order valence-corrected chi connectivity index (χ0v) is 16.4. The second-order valence-electron chi connectivity index (χ2n) is 4.80. The van der Waals surface area contributed by atoms with E-state index in [1.807, 2.05) is 38.2 Å². The Labute approximate surface area is 158 Å². The molecule has 0 spiro atoms. The SMILES string of the molecule is CCNC(=NCc1ncnn1C)NCCc1ccc(Cl)cc1.I. The molecule has 0 atom stereocenters. The number of benzene rings is 1. The Kier molecular flexibility index (Phi) is 8.93. The first-order valence-electron chi connectivity index (χ1n) is 7.28. The molecule has 2 N–H and O–H groups in total. The summed E-state index contributed by atoms with van der Waals surface area (Å²) in [7, 11) is 1.86. The average Bonchev–Trinajstić information content (AvgIpc) is 2.92. The lowest BCUT2D eigenvalue weighted by Gasteiger charge is -2.11. The third-order valence-corrected chi connectivity index (χ3v) is 3.40. The summed E-state index contributed by atoms with van der Waals surface area (Å²) >= 11 is 5.88. The van der Waals surface area contributed by atoms with Crippen LogP contribution in [-0.4, -0.2) is 33.8 Å². The van der Waals surface area contributed by atoms with Crippen molar-refractivity contribution in [3.05, 3.63) is 47.0 Å². The Balaban J connectivity index is 0.00000264. The van der Waals surface area contributed by atoms with Crippen LogP contribution in [0.4, 0.5) is 0 Å². The van der Waals surface area contributed by atoms with Crippen molar-refractivity contribution in [1.82, 2.24) is 25.4 Å². The van der Waals surface area contributed by atoms with E-state index in [0.717, 1.165) is 36.3 Å². The monoisotopic (exact) mass is 448 g/mol. The fraction of sp³-hybridized carbons (Fsp3) is 0.400. The molecule has 0 radical (unpaired) electrons. The van der Waals surface area contributed by atoms with Gasteiger partial charge in [-0.05, 0) is 31.0 Å². The van der Waals surface area contributed by atoms with Crippen LogP contribution in [0.25, 0.3) is 0 Å². The van der Waals surface area contributed by atoms with E-state index in [2.05, 4.69) is 25.7 Å². The zero-order valence-electron chi connectivity index (χ0n) is 13.3. The van der Waals surface area contributed by atoms with E-state index in [1.165, 1.54) is 11.9 Å². The number of aryl methyl sites for hydroxylation is 1. The van der Waals surface area contributed by atoms with E-state index in [0.29, 0.717) is 6.54 Å². The number of hydrogen-bond acceptors (Lipinski definition) is 3. The topological polar surface area (TPSA) is 67.1 Å². The van der Waals surface area contributed by atoms with E-state index < -0.39 is 0 Å². The number of hydrogen-bond donors (Lipinski definition) is 2. The van der Waals surface area contributed by atoms with E-state index in [-0.39, 0.29) is 24.0 Å². The first-order valence-corrected chi connectivity index (χ1v) is 7.66. The van der Waals surface area contributed by atoms with Crippen molar-refractivity contribution in [2.75, 3.05) is 13.1 Å². The predicted octanol–water partition coefficient (Wildman–Crippen LogP) is 2.38. The van der Waals surface area contributed by atoms with Gasteiger partial charge in [-0.15, -0.1) is 24.0 Å². The fourth-order valence-electron chi connectivity index (χ4n) is 1.93. The molecule has 1 heterocycles. The zero-order chi connectivity index (χ0) is 15.8. The maximum absolute atomic E-state index is 5.88. The van der Waals surface area contributed by atoms with Crippen LogP contribution in [0.15, 0.2) is 35.6 Å². The van der Waals surface area contributed by atoms with Gasteiger partial charge < -0.3 is 10.6 Å². The molecule has 0 amide bonds. The normalized spacial score (nSPS) is 11.0. The third kappa shape index (κ3) is 6.74. The summed E-state index contributed by atoms with van der Waals surface area (Å²) in [4.78, 5) is 8.67. The molecule has 0 saturated heterocycles. The largest absolute Gasteiger partial charge is 0.357 e. The Bertz CT molecular complexity index is 611. The molecular formula is C15H22ClIN6. The summed E-state index contributed by atoms with van der Waals surface area (Å²) in [5.41, 5.74) is 1.24. The summed E-state index contributed by atoms with van der Waals surface area (Å²) in [6.07, 6.45) is 2.44. The Morgan fingerprint density at radius 3 is 2.61 bits per heavy atom. The minimum atomic E-state index is 0. The van der Waals surface area contributed by atoms with E-state index in [4.69, 9.17) is 11.6 Å². The predicted molar refractivity (Wildman–Crippen MR) is 104 cm³/mol. The van der Waals surface area contributed by atoms with Gasteiger partial charge in [-0.3, -0.25) is 4.68 Å². The van der Waals surface area contributed by atoms with Gasteiger partial charge in [0.25, 0.3) is 0 Å². The number of halogens is 2. The molecule has 2 aromatic rings. The standard InChI is InChI=1S/C15H21ClN6.HI/c1-3-17-15(19-10-14-20-11-21-22(14)2)18-9-8-12-4-6-13(16)7-5-12;/h4-7,11H,3,8-10H2,1-2H3,(H2,17,18,19);1H. The molecule has 0 saturated carbocycles. The lowest BCUT2D eigenvalue weighted by Crippen LogP contribution is -2.38. The second-order valence-corrected chi connectivity index (χ2v) is 5.23. The molecule has 126 valence electrons. The van der Waals surface area contributed by atoms with Gasteiger partial charge in [0.2, 0.25) is 0 Å². The van der Waals surface area contributed by atoms with Gasteiger partial charge in [0.1, 0.15) is 18.7 Å². The van der Waals surface area contributed by atoms with Crippen molar-refractivity contribution in [2.45, 2.75) is 19.9 Å². The molecule has 0 fully saturated rings. The highest BCUT2D eigenvalue weighted by atomic mass is 127. The Hall–Kier alpha value is -1.35. The second kappa shape index (κ2) is 10.4. The van der Waals surface area contributed by atoms with E-state index in [9.17, 15) is 0 Å². The van der Waals surface area contributed by atoms with Crippen LogP contribution in [0.5, 0.6) is 0 Å². The number of nitrogens with zero attached hydrogens (tertiary/aromatic N) is 4. The van der Waals surface area contributed by atoms with Gasteiger partial charge in [-0.2, -0.15) is 5.10 Å². The minimum absolute atomic E-state index is 0. The lowest BCUT2D eigenvalue weighted by atomic mass is 10.1. The maximum Gasteiger partial charge on any atom is 0.191 e. The highest BCUT2D eigenvalue weighted by Crippen LogP contribution is 2.09. The third-order valence-electron chi connectivity index (χ3n) is 3.15. The summed E-state index contributed by atoms with van der Waals surface area (Å²) in [6.45, 7) is 4.14. The number of guanidine groups is 1. The number of aromatic nitrogens is 3. The number of rotatable bonds is 6. The molecule has 0 aliphatic rings. The van der Waals surface area contributed by atoms with Crippen molar-refractivity contribution in [2.24, 2.45) is 12.0 Å². The average molecular weight is 449 g/mol. The fourth-order valence-corrected chi connectivity index (χ4v) is 2.06. The number of aliphatic imine (C=N–C) groups is 1.